The topological polar surface area (TPSA) is 49.3 Å². The van der Waals surface area contributed by atoms with Crippen LogP contribution in [0.5, 0.6) is 0 Å². The molecule has 0 saturated carbocycles. The summed E-state index contributed by atoms with van der Waals surface area (Å²) in [7, 11) is 0. The molecule has 3 nitrogen and oxygen atoms in total. The van der Waals surface area contributed by atoms with Gasteiger partial charge in [0.05, 0.1) is 0 Å². The van der Waals surface area contributed by atoms with Crippen molar-refractivity contribution in [1.29, 1.82) is 5.26 Å². The van der Waals surface area contributed by atoms with Gasteiger partial charge in [-0.3, -0.25) is 0 Å². The number of nitrogens with zero attached hydrogens (tertiary/aromatic N) is 2. The number of halogens is 2. The summed E-state index contributed by atoms with van der Waals surface area (Å²) in [5, 5.41) is 9.66. The van der Waals surface area contributed by atoms with Crippen LogP contribution in [0.4, 0.5) is 0 Å². The van der Waals surface area contributed by atoms with Gasteiger partial charge in [-0.05, 0) is 24.3 Å². The Labute approximate surface area is 98.9 Å². The van der Waals surface area contributed by atoms with Gasteiger partial charge in [-0.25, -0.2) is 0 Å². The van der Waals surface area contributed by atoms with Crippen LogP contribution >= 0.6 is 27.7 Å². The van der Waals surface area contributed by atoms with Crippen LogP contribution in [0.25, 0.3) is 11.0 Å². The first-order valence-corrected chi connectivity index (χ1v) is 5.16. The van der Waals surface area contributed by atoms with Gasteiger partial charge in [-0.15, -0.1) is 4.51 Å². The van der Waals surface area contributed by atoms with Gasteiger partial charge in [0.1, 0.15) is 17.2 Å². The fraction of sp³-hybridized carbons (Fsp3) is 0. The van der Waals surface area contributed by atoms with Crippen molar-refractivity contribution in [3.05, 3.63) is 39.9 Å². The SMILES string of the molecule is N#Cc1cc2cc(Br)ccc2o/c1=N\Cl. The molecule has 0 amide bonds. The van der Waals surface area contributed by atoms with Crippen LogP contribution in [0.15, 0.2) is 37.7 Å². The first-order chi connectivity index (χ1) is 7.24. The van der Waals surface area contributed by atoms with Gasteiger partial charge in [0.2, 0.25) is 5.55 Å². The zero-order chi connectivity index (χ0) is 10.8. The van der Waals surface area contributed by atoms with E-state index in [-0.39, 0.29) is 5.55 Å². The summed E-state index contributed by atoms with van der Waals surface area (Å²) in [5.41, 5.74) is 1.08. The van der Waals surface area contributed by atoms with Crippen molar-refractivity contribution in [1.82, 2.24) is 0 Å². The Hall–Kier alpha value is -1.31. The number of fused-ring (bicyclic) bond motifs is 1. The van der Waals surface area contributed by atoms with Crippen LogP contribution in [0.3, 0.4) is 0 Å². The van der Waals surface area contributed by atoms with Gasteiger partial charge < -0.3 is 4.42 Å². The van der Waals surface area contributed by atoms with Crippen LogP contribution < -0.4 is 5.55 Å². The van der Waals surface area contributed by atoms with E-state index in [2.05, 4.69) is 20.4 Å². The first kappa shape index (κ1) is 10.2. The van der Waals surface area contributed by atoms with E-state index in [9.17, 15) is 0 Å². The molecule has 0 saturated heterocycles. The quantitative estimate of drug-likeness (QED) is 0.746. The zero-order valence-corrected chi connectivity index (χ0v) is 9.71. The second-order valence-corrected chi connectivity index (χ2v) is 3.93. The molecule has 2 aromatic rings. The lowest BCUT2D eigenvalue weighted by Crippen LogP contribution is -2.04. The lowest BCUT2D eigenvalue weighted by atomic mass is 10.2. The van der Waals surface area contributed by atoms with Crippen molar-refractivity contribution in [2.24, 2.45) is 4.51 Å². The maximum absolute atomic E-state index is 8.84. The van der Waals surface area contributed by atoms with Gasteiger partial charge >= 0.3 is 0 Å². The van der Waals surface area contributed by atoms with E-state index >= 15 is 0 Å². The highest BCUT2D eigenvalue weighted by Crippen LogP contribution is 2.19. The maximum Gasteiger partial charge on any atom is 0.249 e. The Kier molecular flexibility index (Phi) is 2.76. The zero-order valence-electron chi connectivity index (χ0n) is 7.37. The number of benzene rings is 1. The molecule has 0 spiro atoms. The average molecular weight is 284 g/mol. The molecule has 74 valence electrons. The van der Waals surface area contributed by atoms with Crippen molar-refractivity contribution in [3.63, 3.8) is 0 Å². The van der Waals surface area contributed by atoms with E-state index in [0.717, 1.165) is 9.86 Å². The first-order valence-electron chi connectivity index (χ1n) is 4.03. The highest BCUT2D eigenvalue weighted by molar-refractivity contribution is 9.10. The number of hydrogen-bond donors (Lipinski definition) is 0. The number of nitriles is 1. The molecule has 0 aliphatic rings. The highest BCUT2D eigenvalue weighted by atomic mass is 79.9. The summed E-state index contributed by atoms with van der Waals surface area (Å²) >= 11 is 8.65. The molecular weight excluding hydrogens is 279 g/mol. The van der Waals surface area contributed by atoms with Crippen molar-refractivity contribution in [2.45, 2.75) is 0 Å². The molecule has 15 heavy (non-hydrogen) atoms. The van der Waals surface area contributed by atoms with Crippen molar-refractivity contribution >= 4 is 38.7 Å². The van der Waals surface area contributed by atoms with Gasteiger partial charge in [-0.2, -0.15) is 5.26 Å². The summed E-state index contributed by atoms with van der Waals surface area (Å²) in [5.74, 6) is 0. The van der Waals surface area contributed by atoms with Gasteiger partial charge in [0.15, 0.2) is 0 Å². The van der Waals surface area contributed by atoms with Gasteiger partial charge in [0, 0.05) is 21.6 Å². The minimum atomic E-state index is 0.133. The lowest BCUT2D eigenvalue weighted by molar-refractivity contribution is 0.546. The summed E-state index contributed by atoms with van der Waals surface area (Å²) in [4.78, 5) is 0. The third kappa shape index (κ3) is 1.89. The predicted molar refractivity (Wildman–Crippen MR) is 60.0 cm³/mol. The van der Waals surface area contributed by atoms with Gasteiger partial charge in [-0.1, -0.05) is 15.9 Å². The normalized spacial score (nSPS) is 11.7. The molecule has 0 fully saturated rings. The standard InChI is InChI=1S/C10H4BrClN2O/c11-8-1-2-9-6(4-8)3-7(5-13)10(14-12)15-9/h1-4H/b14-10-. The molecule has 1 aromatic heterocycles. The van der Waals surface area contributed by atoms with E-state index in [1.165, 1.54) is 0 Å². The van der Waals surface area contributed by atoms with E-state index in [1.807, 2.05) is 18.2 Å². The molecule has 0 bridgehead atoms. The maximum atomic E-state index is 8.84. The Morgan fingerprint density at radius 1 is 1.40 bits per heavy atom. The Morgan fingerprint density at radius 2 is 2.20 bits per heavy atom. The third-order valence-corrected chi connectivity index (χ3v) is 2.55. The highest BCUT2D eigenvalue weighted by Gasteiger charge is 2.03. The Balaban J connectivity index is 2.89. The second kappa shape index (κ2) is 4.05. The molecule has 0 radical (unpaired) electrons. The summed E-state index contributed by atoms with van der Waals surface area (Å²) in [6.07, 6.45) is 0. The fourth-order valence-corrected chi connectivity index (χ4v) is 1.75. The van der Waals surface area contributed by atoms with Crippen LogP contribution in [0.1, 0.15) is 5.56 Å². The van der Waals surface area contributed by atoms with E-state index < -0.39 is 0 Å². The van der Waals surface area contributed by atoms with Crippen molar-refractivity contribution < 1.29 is 4.42 Å². The van der Waals surface area contributed by atoms with Crippen molar-refractivity contribution in [3.8, 4) is 6.07 Å². The number of rotatable bonds is 0. The Bertz CT molecular complexity index is 627. The summed E-state index contributed by atoms with van der Waals surface area (Å²) in [6.45, 7) is 0. The van der Waals surface area contributed by atoms with Crippen LogP contribution in [-0.2, 0) is 0 Å². The van der Waals surface area contributed by atoms with E-state index in [1.54, 1.807) is 12.1 Å². The number of hydrogen-bond acceptors (Lipinski definition) is 3. The minimum absolute atomic E-state index is 0.133. The lowest BCUT2D eigenvalue weighted by Gasteiger charge is -1.98. The molecule has 0 aliphatic heterocycles. The second-order valence-electron chi connectivity index (χ2n) is 2.84. The predicted octanol–water partition coefficient (Wildman–Crippen LogP) is 3.12. The van der Waals surface area contributed by atoms with Crippen LogP contribution in [0.2, 0.25) is 0 Å². The molecule has 1 aromatic carbocycles. The average Bonchev–Trinajstić information content (AvgIpc) is 2.27. The summed E-state index contributed by atoms with van der Waals surface area (Å²) < 4.78 is 9.65. The third-order valence-electron chi connectivity index (χ3n) is 1.91. The van der Waals surface area contributed by atoms with Crippen molar-refractivity contribution in [2.75, 3.05) is 0 Å². The smallest absolute Gasteiger partial charge is 0.249 e. The van der Waals surface area contributed by atoms with Crippen LogP contribution in [0, 0.1) is 11.3 Å². The monoisotopic (exact) mass is 282 g/mol. The summed E-state index contributed by atoms with van der Waals surface area (Å²) in [6, 6.07) is 9.14. The van der Waals surface area contributed by atoms with E-state index in [4.69, 9.17) is 21.5 Å². The van der Waals surface area contributed by atoms with E-state index in [0.29, 0.717) is 11.1 Å². The molecule has 2 rings (SSSR count). The molecule has 0 aliphatic carbocycles. The van der Waals surface area contributed by atoms with Crippen LogP contribution in [-0.4, -0.2) is 0 Å². The molecule has 0 unspecified atom stereocenters. The molecule has 1 heterocycles. The Morgan fingerprint density at radius 3 is 2.87 bits per heavy atom. The molecule has 0 N–H and O–H groups in total. The minimum Gasteiger partial charge on any atom is -0.436 e. The largest absolute Gasteiger partial charge is 0.436 e. The molecule has 0 atom stereocenters. The fourth-order valence-electron chi connectivity index (χ4n) is 1.24. The molecular formula is C10H4BrClN2O. The molecule has 5 heteroatoms. The van der Waals surface area contributed by atoms with Gasteiger partial charge in [0.25, 0.3) is 0 Å².